The van der Waals surface area contributed by atoms with E-state index in [1.54, 1.807) is 0 Å². The van der Waals surface area contributed by atoms with E-state index >= 15 is 0 Å². The lowest BCUT2D eigenvalue weighted by Crippen LogP contribution is -2.57. The fraction of sp³-hybridized carbons (Fsp3) is 1.00. The molecular formula is C14H30O6. The van der Waals surface area contributed by atoms with Crippen LogP contribution >= 0.6 is 0 Å². The summed E-state index contributed by atoms with van der Waals surface area (Å²) in [6.07, 6.45) is 0.592. The van der Waals surface area contributed by atoms with Gasteiger partial charge in [-0.1, -0.05) is 20.3 Å². The quantitative estimate of drug-likeness (QED) is 0.391. The molecule has 6 heteroatoms. The number of hydrogen-bond donors (Lipinski definition) is 6. The Balaban J connectivity index is 0.000000621. The van der Waals surface area contributed by atoms with E-state index in [1.165, 1.54) is 0 Å². The number of aliphatic hydroxyl groups excluding tert-OH is 6. The molecule has 0 aromatic heterocycles. The molecule has 122 valence electrons. The number of aliphatic hydroxyl groups is 6. The van der Waals surface area contributed by atoms with Gasteiger partial charge in [-0.2, -0.15) is 0 Å². The van der Waals surface area contributed by atoms with Crippen molar-refractivity contribution < 1.29 is 30.6 Å². The van der Waals surface area contributed by atoms with Gasteiger partial charge >= 0.3 is 0 Å². The highest BCUT2D eigenvalue weighted by Crippen LogP contribution is 2.45. The van der Waals surface area contributed by atoms with Crippen molar-refractivity contribution in [3.05, 3.63) is 0 Å². The minimum Gasteiger partial charge on any atom is -0.396 e. The highest BCUT2D eigenvalue weighted by molar-refractivity contribution is 5.01. The molecule has 1 aliphatic carbocycles. The third kappa shape index (κ3) is 4.38. The van der Waals surface area contributed by atoms with Crippen molar-refractivity contribution in [1.82, 2.24) is 0 Å². The lowest BCUT2D eigenvalue weighted by molar-refractivity contribution is -0.173. The molecule has 6 nitrogen and oxygen atoms in total. The molecule has 6 N–H and O–H groups in total. The Kier molecular flexibility index (Phi) is 8.81. The Bertz CT molecular complexity index is 228. The molecule has 0 aliphatic heterocycles. The second-order valence-electron chi connectivity index (χ2n) is 6.19. The lowest BCUT2D eigenvalue weighted by atomic mass is 9.60. The Hall–Kier alpha value is -0.240. The van der Waals surface area contributed by atoms with Crippen LogP contribution in [0.15, 0.2) is 0 Å². The second-order valence-corrected chi connectivity index (χ2v) is 6.19. The van der Waals surface area contributed by atoms with Crippen LogP contribution in [0.3, 0.4) is 0 Å². The van der Waals surface area contributed by atoms with Gasteiger partial charge in [0.1, 0.15) is 0 Å². The molecule has 0 spiro atoms. The predicted molar refractivity (Wildman–Crippen MR) is 75.0 cm³/mol. The minimum atomic E-state index is -1.08. The Morgan fingerprint density at radius 2 is 1.15 bits per heavy atom. The van der Waals surface area contributed by atoms with Gasteiger partial charge in [0.05, 0.1) is 32.5 Å². The fourth-order valence-electron chi connectivity index (χ4n) is 2.48. The van der Waals surface area contributed by atoms with E-state index in [1.807, 2.05) is 13.8 Å². The first kappa shape index (κ1) is 19.8. The van der Waals surface area contributed by atoms with Crippen LogP contribution in [0, 0.1) is 16.7 Å². The van der Waals surface area contributed by atoms with Crippen LogP contribution in [0.4, 0.5) is 0 Å². The van der Waals surface area contributed by atoms with Gasteiger partial charge in [-0.3, -0.25) is 0 Å². The molecular weight excluding hydrogens is 264 g/mol. The first-order valence-electron chi connectivity index (χ1n) is 7.10. The van der Waals surface area contributed by atoms with Crippen LogP contribution in [0.1, 0.15) is 33.1 Å². The fourth-order valence-corrected chi connectivity index (χ4v) is 2.48. The SMILES string of the molecule is CC(C)CO.OCC1(CO)CCCC(CO)(CO)C1O. The normalized spacial score (nSPS) is 21.4. The predicted octanol–water partition coefficient (Wildman–Crippen LogP) is -0.892. The maximum Gasteiger partial charge on any atom is 0.0740 e. The molecule has 0 bridgehead atoms. The topological polar surface area (TPSA) is 121 Å². The van der Waals surface area contributed by atoms with Crippen molar-refractivity contribution in [3.63, 3.8) is 0 Å². The van der Waals surface area contributed by atoms with Gasteiger partial charge in [0.15, 0.2) is 0 Å². The molecule has 1 fully saturated rings. The van der Waals surface area contributed by atoms with Gasteiger partial charge in [0.2, 0.25) is 0 Å². The summed E-state index contributed by atoms with van der Waals surface area (Å²) < 4.78 is 0. The van der Waals surface area contributed by atoms with Crippen molar-refractivity contribution >= 4 is 0 Å². The van der Waals surface area contributed by atoms with E-state index in [0.29, 0.717) is 31.8 Å². The van der Waals surface area contributed by atoms with Crippen LogP contribution in [-0.4, -0.2) is 69.8 Å². The summed E-state index contributed by atoms with van der Waals surface area (Å²) in [5.41, 5.74) is -1.99. The van der Waals surface area contributed by atoms with Gasteiger partial charge in [-0.15, -0.1) is 0 Å². The van der Waals surface area contributed by atoms with Gasteiger partial charge in [-0.25, -0.2) is 0 Å². The van der Waals surface area contributed by atoms with E-state index in [2.05, 4.69) is 0 Å². The van der Waals surface area contributed by atoms with Crippen molar-refractivity contribution in [2.75, 3.05) is 33.0 Å². The molecule has 20 heavy (non-hydrogen) atoms. The average Bonchev–Trinajstić information content (AvgIpc) is 2.49. The maximum atomic E-state index is 10.1. The minimum absolute atomic E-state index is 0.306. The molecule has 0 aromatic carbocycles. The molecule has 0 radical (unpaired) electrons. The molecule has 1 rings (SSSR count). The van der Waals surface area contributed by atoms with Gasteiger partial charge in [0.25, 0.3) is 0 Å². The smallest absolute Gasteiger partial charge is 0.0740 e. The first-order valence-corrected chi connectivity index (χ1v) is 7.10. The average molecular weight is 294 g/mol. The van der Waals surface area contributed by atoms with Crippen molar-refractivity contribution in [2.45, 2.75) is 39.2 Å². The summed E-state index contributed by atoms with van der Waals surface area (Å²) in [5.74, 6) is 0.440. The zero-order valence-electron chi connectivity index (χ0n) is 12.5. The first-order chi connectivity index (χ1) is 9.37. The van der Waals surface area contributed by atoms with Crippen LogP contribution < -0.4 is 0 Å². The highest BCUT2D eigenvalue weighted by atomic mass is 16.3. The molecule has 1 saturated carbocycles. The molecule has 0 amide bonds. The molecule has 1 aliphatic rings. The molecule has 0 unspecified atom stereocenters. The zero-order valence-corrected chi connectivity index (χ0v) is 12.5. The maximum absolute atomic E-state index is 10.1. The Morgan fingerprint density at radius 3 is 1.35 bits per heavy atom. The van der Waals surface area contributed by atoms with Crippen LogP contribution in [0.2, 0.25) is 0 Å². The van der Waals surface area contributed by atoms with E-state index in [9.17, 15) is 25.5 Å². The summed E-state index contributed by atoms with van der Waals surface area (Å²) in [4.78, 5) is 0. The largest absolute Gasteiger partial charge is 0.396 e. The van der Waals surface area contributed by atoms with Crippen molar-refractivity contribution in [3.8, 4) is 0 Å². The molecule has 0 saturated heterocycles. The van der Waals surface area contributed by atoms with Gasteiger partial charge in [-0.05, 0) is 18.8 Å². The van der Waals surface area contributed by atoms with E-state index < -0.39 is 16.9 Å². The summed E-state index contributed by atoms with van der Waals surface area (Å²) in [5, 5.41) is 55.2. The van der Waals surface area contributed by atoms with Crippen molar-refractivity contribution in [2.24, 2.45) is 16.7 Å². The van der Waals surface area contributed by atoms with Crippen molar-refractivity contribution in [1.29, 1.82) is 0 Å². The summed E-state index contributed by atoms with van der Waals surface area (Å²) >= 11 is 0. The summed E-state index contributed by atoms with van der Waals surface area (Å²) in [6.45, 7) is 2.89. The Morgan fingerprint density at radius 1 is 0.850 bits per heavy atom. The molecule has 0 heterocycles. The highest BCUT2D eigenvalue weighted by Gasteiger charge is 2.52. The number of hydrogen-bond acceptors (Lipinski definition) is 6. The van der Waals surface area contributed by atoms with Gasteiger partial charge in [0, 0.05) is 17.4 Å². The van der Waals surface area contributed by atoms with Gasteiger partial charge < -0.3 is 30.6 Å². The summed E-state index contributed by atoms with van der Waals surface area (Å²) in [7, 11) is 0. The van der Waals surface area contributed by atoms with E-state index in [4.69, 9.17) is 5.11 Å². The van der Waals surface area contributed by atoms with Crippen LogP contribution in [0.25, 0.3) is 0 Å². The lowest BCUT2D eigenvalue weighted by Gasteiger charge is -2.49. The third-order valence-corrected chi connectivity index (χ3v) is 4.13. The van der Waals surface area contributed by atoms with Crippen LogP contribution in [0.5, 0.6) is 0 Å². The summed E-state index contributed by atoms with van der Waals surface area (Å²) in [6, 6.07) is 0. The zero-order chi connectivity index (χ0) is 15.8. The van der Waals surface area contributed by atoms with E-state index in [0.717, 1.165) is 0 Å². The molecule has 0 atom stereocenters. The van der Waals surface area contributed by atoms with E-state index in [-0.39, 0.29) is 26.4 Å². The monoisotopic (exact) mass is 294 g/mol. The standard InChI is InChI=1S/C10H20O5.C4H10O/c11-4-9(5-12)2-1-3-10(6-13,7-14)8(9)15;1-4(2)3-5/h8,11-15H,1-7H2;4-5H,3H2,1-2H3. The second kappa shape index (κ2) is 8.92. The van der Waals surface area contributed by atoms with Crippen LogP contribution in [-0.2, 0) is 0 Å². The molecule has 0 aromatic rings. The third-order valence-electron chi connectivity index (χ3n) is 4.13. The Labute approximate surface area is 120 Å². The number of rotatable bonds is 5.